The van der Waals surface area contributed by atoms with E-state index in [4.69, 9.17) is 0 Å². The van der Waals surface area contributed by atoms with Crippen LogP contribution >= 0.6 is 0 Å². The molecule has 0 saturated carbocycles. The second-order valence-corrected chi connectivity index (χ2v) is 6.42. The molecule has 0 radical (unpaired) electrons. The van der Waals surface area contributed by atoms with Crippen LogP contribution in [-0.2, 0) is 6.42 Å². The normalized spacial score (nSPS) is 14.4. The molecule has 0 spiro atoms. The third-order valence-corrected chi connectivity index (χ3v) is 4.63. The maximum atomic E-state index is 9.30. The van der Waals surface area contributed by atoms with Gasteiger partial charge in [0, 0.05) is 31.0 Å². The van der Waals surface area contributed by atoms with E-state index in [0.29, 0.717) is 5.75 Å². The van der Waals surface area contributed by atoms with Gasteiger partial charge in [-0.3, -0.25) is 0 Å². The molecular weight excluding hydrogens is 296 g/mol. The number of phenolic OH excluding ortho intramolecular Hbond substituents is 1. The first-order valence-electron chi connectivity index (χ1n) is 8.78. The van der Waals surface area contributed by atoms with Gasteiger partial charge in [0.15, 0.2) is 0 Å². The maximum absolute atomic E-state index is 9.30. The summed E-state index contributed by atoms with van der Waals surface area (Å²) in [5.74, 6) is 0.310. The van der Waals surface area contributed by atoms with E-state index in [0.717, 1.165) is 24.2 Å². The van der Waals surface area contributed by atoms with Gasteiger partial charge < -0.3 is 15.3 Å². The molecule has 0 aliphatic carbocycles. The zero-order valence-corrected chi connectivity index (χ0v) is 14.2. The van der Waals surface area contributed by atoms with Crippen LogP contribution in [0.2, 0.25) is 0 Å². The van der Waals surface area contributed by atoms with E-state index in [1.165, 1.54) is 43.6 Å². The molecule has 1 fully saturated rings. The molecule has 126 valence electrons. The quantitative estimate of drug-likeness (QED) is 0.837. The smallest absolute Gasteiger partial charge is 0.115 e. The molecule has 0 aromatic heterocycles. The molecule has 0 atom stereocenters. The molecule has 1 saturated heterocycles. The van der Waals surface area contributed by atoms with Crippen molar-refractivity contribution in [3.8, 4) is 5.75 Å². The van der Waals surface area contributed by atoms with E-state index in [2.05, 4.69) is 41.1 Å². The van der Waals surface area contributed by atoms with E-state index in [9.17, 15) is 5.11 Å². The van der Waals surface area contributed by atoms with Crippen molar-refractivity contribution in [2.75, 3.05) is 24.5 Å². The summed E-state index contributed by atoms with van der Waals surface area (Å²) < 4.78 is 0. The lowest BCUT2D eigenvalue weighted by atomic mass is 10.1. The van der Waals surface area contributed by atoms with E-state index >= 15 is 0 Å². The molecule has 1 heterocycles. The summed E-state index contributed by atoms with van der Waals surface area (Å²) in [6.45, 7) is 7.32. The highest BCUT2D eigenvalue weighted by atomic mass is 16.3. The predicted molar refractivity (Wildman–Crippen MR) is 101 cm³/mol. The van der Waals surface area contributed by atoms with E-state index < -0.39 is 0 Å². The molecule has 0 unspecified atom stereocenters. The Morgan fingerprint density at radius 2 is 1.62 bits per heavy atom. The average Bonchev–Trinajstić information content (AvgIpc) is 2.64. The number of piperidine rings is 1. The van der Waals surface area contributed by atoms with Crippen molar-refractivity contribution in [3.05, 3.63) is 66.2 Å². The van der Waals surface area contributed by atoms with Gasteiger partial charge in [0.1, 0.15) is 5.75 Å². The summed E-state index contributed by atoms with van der Waals surface area (Å²) in [4.78, 5) is 2.47. The first-order valence-corrected chi connectivity index (χ1v) is 8.78. The molecule has 0 amide bonds. The minimum Gasteiger partial charge on any atom is -0.508 e. The monoisotopic (exact) mass is 322 g/mol. The lowest BCUT2D eigenvalue weighted by Gasteiger charge is -2.29. The molecule has 1 aliphatic heterocycles. The van der Waals surface area contributed by atoms with Crippen molar-refractivity contribution in [1.29, 1.82) is 0 Å². The van der Waals surface area contributed by atoms with Crippen LogP contribution in [0.25, 0.3) is 5.70 Å². The van der Waals surface area contributed by atoms with Gasteiger partial charge in [-0.1, -0.05) is 30.8 Å². The van der Waals surface area contributed by atoms with Crippen molar-refractivity contribution in [3.63, 3.8) is 0 Å². The van der Waals surface area contributed by atoms with Crippen LogP contribution in [0, 0.1) is 0 Å². The van der Waals surface area contributed by atoms with Crippen molar-refractivity contribution in [1.82, 2.24) is 5.32 Å². The largest absolute Gasteiger partial charge is 0.508 e. The Balaban J connectivity index is 1.50. The van der Waals surface area contributed by atoms with Gasteiger partial charge in [-0.2, -0.15) is 0 Å². The fraction of sp³-hybridized carbons (Fsp3) is 0.333. The highest BCUT2D eigenvalue weighted by Crippen LogP contribution is 2.21. The summed E-state index contributed by atoms with van der Waals surface area (Å²) in [6.07, 6.45) is 4.86. The summed E-state index contributed by atoms with van der Waals surface area (Å²) in [6, 6.07) is 16.1. The maximum Gasteiger partial charge on any atom is 0.115 e. The highest BCUT2D eigenvalue weighted by molar-refractivity contribution is 5.64. The Morgan fingerprint density at radius 1 is 0.958 bits per heavy atom. The van der Waals surface area contributed by atoms with Crippen LogP contribution in [0.4, 0.5) is 5.69 Å². The summed E-state index contributed by atoms with van der Waals surface area (Å²) in [5.41, 5.74) is 4.62. The Kier molecular flexibility index (Phi) is 5.42. The Hall–Kier alpha value is -2.42. The molecule has 2 N–H and O–H groups in total. The number of benzene rings is 2. The number of phenols is 1. The molecular formula is C21H26N2O. The van der Waals surface area contributed by atoms with Crippen LogP contribution in [0.1, 0.15) is 30.4 Å². The van der Waals surface area contributed by atoms with Gasteiger partial charge in [0.25, 0.3) is 0 Å². The molecule has 3 heteroatoms. The minimum atomic E-state index is 0.310. The number of aromatic hydroxyl groups is 1. The van der Waals surface area contributed by atoms with Gasteiger partial charge >= 0.3 is 0 Å². The molecule has 3 nitrogen and oxygen atoms in total. The molecule has 2 aromatic rings. The average molecular weight is 322 g/mol. The van der Waals surface area contributed by atoms with E-state index in [1.807, 2.05) is 12.1 Å². The molecule has 0 bridgehead atoms. The second-order valence-electron chi connectivity index (χ2n) is 6.42. The topological polar surface area (TPSA) is 35.5 Å². The SMILES string of the molecule is C=C(NCCc1ccc(O)cc1)c1ccc(N2CCCCC2)cc1. The first-order chi connectivity index (χ1) is 11.7. The zero-order valence-electron chi connectivity index (χ0n) is 14.2. The molecule has 3 rings (SSSR count). The van der Waals surface area contributed by atoms with Crippen molar-refractivity contribution < 1.29 is 5.11 Å². The standard InChI is InChI=1S/C21H26N2O/c1-17(22-14-13-18-5-11-21(24)12-6-18)19-7-9-20(10-8-19)23-15-3-2-4-16-23/h5-12,22,24H,1-4,13-16H2. The van der Waals surface area contributed by atoms with Crippen LogP contribution in [0.3, 0.4) is 0 Å². The van der Waals surface area contributed by atoms with Gasteiger partial charge in [-0.25, -0.2) is 0 Å². The number of nitrogens with one attached hydrogen (secondary N) is 1. The lowest BCUT2D eigenvalue weighted by molar-refractivity contribution is 0.475. The Morgan fingerprint density at radius 3 is 2.29 bits per heavy atom. The van der Waals surface area contributed by atoms with Crippen LogP contribution in [0.15, 0.2) is 55.1 Å². The van der Waals surface area contributed by atoms with Crippen molar-refractivity contribution >= 4 is 11.4 Å². The minimum absolute atomic E-state index is 0.310. The molecule has 24 heavy (non-hydrogen) atoms. The fourth-order valence-corrected chi connectivity index (χ4v) is 3.15. The summed E-state index contributed by atoms with van der Waals surface area (Å²) in [5, 5.41) is 12.7. The number of nitrogens with zero attached hydrogens (tertiary/aromatic N) is 1. The van der Waals surface area contributed by atoms with Crippen molar-refractivity contribution in [2.45, 2.75) is 25.7 Å². The zero-order chi connectivity index (χ0) is 16.8. The highest BCUT2D eigenvalue weighted by Gasteiger charge is 2.10. The Labute approximate surface area is 144 Å². The van der Waals surface area contributed by atoms with E-state index in [-0.39, 0.29) is 0 Å². The van der Waals surface area contributed by atoms with Crippen molar-refractivity contribution in [2.24, 2.45) is 0 Å². The third-order valence-electron chi connectivity index (χ3n) is 4.63. The van der Waals surface area contributed by atoms with Gasteiger partial charge in [0.05, 0.1) is 0 Å². The van der Waals surface area contributed by atoms with Gasteiger partial charge in [-0.05, 0) is 61.1 Å². The molecule has 1 aliphatic rings. The first kappa shape index (κ1) is 16.4. The van der Waals surface area contributed by atoms with Crippen LogP contribution in [-0.4, -0.2) is 24.7 Å². The number of anilines is 1. The van der Waals surface area contributed by atoms with E-state index in [1.54, 1.807) is 12.1 Å². The third kappa shape index (κ3) is 4.31. The lowest BCUT2D eigenvalue weighted by Crippen LogP contribution is -2.29. The fourth-order valence-electron chi connectivity index (χ4n) is 3.15. The number of rotatable bonds is 6. The number of hydrogen-bond donors (Lipinski definition) is 2. The summed E-state index contributed by atoms with van der Waals surface area (Å²) >= 11 is 0. The van der Waals surface area contributed by atoms with Gasteiger partial charge in [0.2, 0.25) is 0 Å². The van der Waals surface area contributed by atoms with Crippen LogP contribution in [0.5, 0.6) is 5.75 Å². The summed E-state index contributed by atoms with van der Waals surface area (Å²) in [7, 11) is 0. The Bertz CT molecular complexity index is 655. The molecule has 2 aromatic carbocycles. The second kappa shape index (κ2) is 7.91. The number of hydrogen-bond acceptors (Lipinski definition) is 3. The van der Waals surface area contributed by atoms with Crippen LogP contribution < -0.4 is 10.2 Å². The predicted octanol–water partition coefficient (Wildman–Crippen LogP) is 4.19. The van der Waals surface area contributed by atoms with Gasteiger partial charge in [-0.15, -0.1) is 0 Å².